The minimum atomic E-state index is 1.05. The van der Waals surface area contributed by atoms with Crippen LogP contribution in [0, 0.1) is 6.92 Å². The van der Waals surface area contributed by atoms with Crippen molar-refractivity contribution in [2.75, 3.05) is 0 Å². The second-order valence-electron chi connectivity index (χ2n) is 9.44. The molecule has 3 heteroatoms. The molecule has 2 heterocycles. The Morgan fingerprint density at radius 3 is 2.33 bits per heavy atom. The summed E-state index contributed by atoms with van der Waals surface area (Å²) in [6.45, 7) is 2.24. The van der Waals surface area contributed by atoms with Gasteiger partial charge < -0.3 is 4.57 Å². The number of fused-ring (bicyclic) bond motifs is 7. The predicted octanol–water partition coefficient (Wildman–Crippen LogP) is 10.3. The predicted molar refractivity (Wildman–Crippen MR) is 161 cm³/mol. The molecule has 1 nitrogen and oxygen atoms in total. The summed E-state index contributed by atoms with van der Waals surface area (Å²) in [5.41, 5.74) is 5.29. The number of rotatable bonds is 1. The number of benzene rings is 4. The molecule has 4 aromatic carbocycles. The van der Waals surface area contributed by atoms with Crippen LogP contribution in [0.3, 0.4) is 0 Å². The van der Waals surface area contributed by atoms with Crippen molar-refractivity contribution in [2.45, 2.75) is 19.8 Å². The fourth-order valence-electron chi connectivity index (χ4n) is 5.68. The summed E-state index contributed by atoms with van der Waals surface area (Å²) in [5, 5.41) is 7.63. The van der Waals surface area contributed by atoms with Crippen LogP contribution in [0.2, 0.25) is 0 Å². The molecule has 0 unspecified atom stereocenters. The average Bonchev–Trinajstić information content (AvgIpc) is 3.26. The molecule has 0 N–H and O–H groups in total. The molecule has 174 valence electrons. The molecular formula is C33H24BrNS. The van der Waals surface area contributed by atoms with Crippen molar-refractivity contribution >= 4 is 75.9 Å². The number of aromatic nitrogens is 1. The van der Waals surface area contributed by atoms with Gasteiger partial charge in [-0.1, -0.05) is 94.8 Å². The first-order valence-electron chi connectivity index (χ1n) is 12.4. The molecule has 0 atom stereocenters. The van der Waals surface area contributed by atoms with E-state index in [1.807, 2.05) is 11.3 Å². The Bertz CT molecular complexity index is 1920. The van der Waals surface area contributed by atoms with E-state index in [9.17, 15) is 0 Å². The Labute approximate surface area is 222 Å². The molecule has 0 spiro atoms. The van der Waals surface area contributed by atoms with Gasteiger partial charge in [-0.2, -0.15) is 0 Å². The Morgan fingerprint density at radius 1 is 0.750 bits per heavy atom. The van der Waals surface area contributed by atoms with Crippen molar-refractivity contribution in [1.29, 1.82) is 0 Å². The molecule has 0 fully saturated rings. The van der Waals surface area contributed by atoms with Gasteiger partial charge in [-0.05, 0) is 60.2 Å². The SMILES string of the molecule is Cc1cc(-n2c3c(c4ccccc42)C=CCC3)c2ccccc2cc2c(cc(Br)c3ccccc32)s1. The number of hydrogen-bond acceptors (Lipinski definition) is 1. The van der Waals surface area contributed by atoms with Crippen LogP contribution in [-0.2, 0) is 6.42 Å². The van der Waals surface area contributed by atoms with Crippen LogP contribution < -0.4 is 0 Å². The van der Waals surface area contributed by atoms with Crippen molar-refractivity contribution in [1.82, 2.24) is 4.57 Å². The zero-order chi connectivity index (χ0) is 24.2. The number of para-hydroxylation sites is 1. The molecule has 36 heavy (non-hydrogen) atoms. The minimum absolute atomic E-state index is 1.05. The van der Waals surface area contributed by atoms with E-state index in [-0.39, 0.29) is 0 Å². The first-order chi connectivity index (χ1) is 17.7. The van der Waals surface area contributed by atoms with E-state index in [4.69, 9.17) is 0 Å². The van der Waals surface area contributed by atoms with Gasteiger partial charge in [0.05, 0.1) is 11.2 Å². The fourth-order valence-corrected chi connectivity index (χ4v) is 7.38. The molecule has 0 aliphatic heterocycles. The normalized spacial score (nSPS) is 12.9. The third-order valence-corrected chi connectivity index (χ3v) is 8.89. The summed E-state index contributed by atoms with van der Waals surface area (Å²) in [5.74, 6) is 0. The standard InChI is InChI=1S/C33H24BrNS/c1-21-18-32(35-30-16-8-6-14-26(30)27-15-7-9-17-31(27)35)23-11-3-2-10-22(23)19-28-24-12-4-5-13-25(24)29(34)20-33(28)36-21/h2-8,10-16,18-20H,9,17H2,1H3. The van der Waals surface area contributed by atoms with Crippen LogP contribution in [0.5, 0.6) is 0 Å². The summed E-state index contributed by atoms with van der Waals surface area (Å²) in [6.07, 6.45) is 6.75. The highest BCUT2D eigenvalue weighted by molar-refractivity contribution is 9.10. The fraction of sp³-hybridized carbons (Fsp3) is 0.0909. The van der Waals surface area contributed by atoms with Gasteiger partial charge >= 0.3 is 0 Å². The van der Waals surface area contributed by atoms with Crippen molar-refractivity contribution < 1.29 is 0 Å². The summed E-state index contributed by atoms with van der Waals surface area (Å²) in [4.78, 5) is 1.27. The zero-order valence-electron chi connectivity index (χ0n) is 20.0. The second kappa shape index (κ2) is 8.62. The first kappa shape index (κ1) is 21.8. The van der Waals surface area contributed by atoms with Gasteiger partial charge in [-0.15, -0.1) is 11.3 Å². The van der Waals surface area contributed by atoms with Gasteiger partial charge in [0.15, 0.2) is 0 Å². The first-order valence-corrected chi connectivity index (χ1v) is 14.0. The maximum atomic E-state index is 3.84. The van der Waals surface area contributed by atoms with Gasteiger partial charge in [0.25, 0.3) is 0 Å². The van der Waals surface area contributed by atoms with E-state index in [0.29, 0.717) is 0 Å². The van der Waals surface area contributed by atoms with Crippen molar-refractivity contribution in [3.63, 3.8) is 0 Å². The Kier molecular flexibility index (Phi) is 5.23. The summed E-state index contributed by atoms with van der Waals surface area (Å²) >= 11 is 5.70. The average molecular weight is 547 g/mol. The molecule has 2 aromatic heterocycles. The lowest BCUT2D eigenvalue weighted by molar-refractivity contribution is 0.892. The molecule has 0 radical (unpaired) electrons. The molecule has 6 aromatic rings. The topological polar surface area (TPSA) is 4.93 Å². The van der Waals surface area contributed by atoms with Crippen LogP contribution in [0.1, 0.15) is 22.6 Å². The number of allylic oxidation sites excluding steroid dienone is 1. The van der Waals surface area contributed by atoms with E-state index in [2.05, 4.69) is 131 Å². The maximum absolute atomic E-state index is 3.84. The molecular weight excluding hydrogens is 522 g/mol. The smallest absolute Gasteiger partial charge is 0.0547 e. The molecule has 1 aliphatic carbocycles. The highest BCUT2D eigenvalue weighted by atomic mass is 79.9. The largest absolute Gasteiger partial charge is 0.312 e. The van der Waals surface area contributed by atoms with E-state index in [1.54, 1.807) is 0 Å². The lowest BCUT2D eigenvalue weighted by Gasteiger charge is -2.15. The Hall–Kier alpha value is -3.40. The van der Waals surface area contributed by atoms with E-state index in [0.717, 1.165) is 17.3 Å². The van der Waals surface area contributed by atoms with Gasteiger partial charge in [0.1, 0.15) is 0 Å². The Balaban J connectivity index is 1.70. The van der Waals surface area contributed by atoms with Gasteiger partial charge in [0.2, 0.25) is 0 Å². The highest BCUT2D eigenvalue weighted by Gasteiger charge is 2.19. The zero-order valence-corrected chi connectivity index (χ0v) is 22.4. The molecule has 0 amide bonds. The number of hydrogen-bond donors (Lipinski definition) is 0. The van der Waals surface area contributed by atoms with Gasteiger partial charge in [0, 0.05) is 41.5 Å². The van der Waals surface area contributed by atoms with Gasteiger partial charge in [-0.3, -0.25) is 0 Å². The van der Waals surface area contributed by atoms with Crippen LogP contribution in [-0.4, -0.2) is 4.57 Å². The van der Waals surface area contributed by atoms with Crippen molar-refractivity contribution in [3.05, 3.63) is 118 Å². The van der Waals surface area contributed by atoms with Crippen LogP contribution >= 0.6 is 27.3 Å². The Morgan fingerprint density at radius 2 is 1.47 bits per heavy atom. The van der Waals surface area contributed by atoms with Crippen LogP contribution in [0.25, 0.3) is 54.3 Å². The summed E-state index contributed by atoms with van der Waals surface area (Å²) < 4.78 is 4.93. The van der Waals surface area contributed by atoms with E-state index < -0.39 is 0 Å². The monoisotopic (exact) mass is 545 g/mol. The third kappa shape index (κ3) is 3.42. The van der Waals surface area contributed by atoms with Crippen LogP contribution in [0.4, 0.5) is 0 Å². The molecule has 0 saturated heterocycles. The third-order valence-electron chi connectivity index (χ3n) is 7.23. The molecule has 0 saturated carbocycles. The molecule has 1 aliphatic rings. The lowest BCUT2D eigenvalue weighted by atomic mass is 10.0. The van der Waals surface area contributed by atoms with Crippen LogP contribution in [0.15, 0.2) is 102 Å². The molecule has 0 bridgehead atoms. The number of nitrogens with zero attached hydrogens (tertiary/aromatic N) is 1. The number of aryl methyl sites for hydroxylation is 1. The van der Waals surface area contributed by atoms with Gasteiger partial charge in [-0.25, -0.2) is 0 Å². The van der Waals surface area contributed by atoms with E-state index in [1.165, 1.54) is 64.4 Å². The summed E-state index contributed by atoms with van der Waals surface area (Å²) in [7, 11) is 0. The number of halogens is 1. The maximum Gasteiger partial charge on any atom is 0.0547 e. The molecule has 7 rings (SSSR count). The lowest BCUT2D eigenvalue weighted by Crippen LogP contribution is -2.03. The van der Waals surface area contributed by atoms with Crippen molar-refractivity contribution in [2.24, 2.45) is 0 Å². The van der Waals surface area contributed by atoms with E-state index >= 15 is 0 Å². The second-order valence-corrected chi connectivity index (χ2v) is 11.6. The minimum Gasteiger partial charge on any atom is -0.312 e. The summed E-state index contributed by atoms with van der Waals surface area (Å²) in [6, 6.07) is 33.4. The van der Waals surface area contributed by atoms with Crippen molar-refractivity contribution in [3.8, 4) is 5.69 Å². The highest BCUT2D eigenvalue weighted by Crippen LogP contribution is 2.38. The quantitative estimate of drug-likeness (QED) is 0.193.